The second-order valence-corrected chi connectivity index (χ2v) is 7.22. The monoisotopic (exact) mass is 375 g/mol. The van der Waals surface area contributed by atoms with Crippen molar-refractivity contribution in [3.05, 3.63) is 59.5 Å². The van der Waals surface area contributed by atoms with Crippen molar-refractivity contribution in [1.29, 1.82) is 0 Å². The molecule has 2 aromatic heterocycles. The molecule has 1 aliphatic rings. The summed E-state index contributed by atoms with van der Waals surface area (Å²) in [6, 6.07) is 10.3. The molecule has 0 atom stereocenters. The van der Waals surface area contributed by atoms with Crippen molar-refractivity contribution < 1.29 is 0 Å². The Labute approximate surface area is 165 Å². The molecule has 1 aromatic carbocycles. The van der Waals surface area contributed by atoms with Crippen molar-refractivity contribution in [3.63, 3.8) is 0 Å². The van der Waals surface area contributed by atoms with E-state index < -0.39 is 0 Å². The van der Waals surface area contributed by atoms with Crippen molar-refractivity contribution in [2.75, 3.05) is 41.3 Å². The third-order valence-electron chi connectivity index (χ3n) is 4.76. The molecule has 1 N–H and O–H groups in total. The molecule has 144 valence electrons. The molecule has 0 radical (unpaired) electrons. The predicted molar refractivity (Wildman–Crippen MR) is 112 cm³/mol. The van der Waals surface area contributed by atoms with Crippen LogP contribution >= 0.6 is 0 Å². The van der Waals surface area contributed by atoms with Crippen LogP contribution in [0.15, 0.2) is 42.7 Å². The zero-order valence-electron chi connectivity index (χ0n) is 16.6. The first-order valence-corrected chi connectivity index (χ1v) is 9.55. The van der Waals surface area contributed by atoms with Crippen LogP contribution in [-0.4, -0.2) is 46.1 Å². The predicted octanol–water partition coefficient (Wildman–Crippen LogP) is 3.26. The summed E-state index contributed by atoms with van der Waals surface area (Å²) in [5, 5.41) is 3.36. The number of piperazine rings is 1. The molecular weight excluding hydrogens is 350 g/mol. The molecule has 0 unspecified atom stereocenters. The van der Waals surface area contributed by atoms with Crippen molar-refractivity contribution in [3.8, 4) is 0 Å². The number of rotatable bonds is 4. The molecule has 7 heteroatoms. The normalized spacial score (nSPS) is 14.2. The fourth-order valence-electron chi connectivity index (χ4n) is 3.54. The molecule has 0 spiro atoms. The van der Waals surface area contributed by atoms with Crippen LogP contribution in [0.5, 0.6) is 0 Å². The van der Waals surface area contributed by atoms with E-state index in [1.807, 2.05) is 19.1 Å². The SMILES string of the molecule is Cc1cc(C)cc(Nc2nc(C)cc(N3CCN(c4ncccn4)CC3)n2)c1. The highest BCUT2D eigenvalue weighted by molar-refractivity contribution is 5.58. The second-order valence-electron chi connectivity index (χ2n) is 7.22. The highest BCUT2D eigenvalue weighted by Crippen LogP contribution is 2.22. The summed E-state index contributed by atoms with van der Waals surface area (Å²) in [6.07, 6.45) is 3.57. The van der Waals surface area contributed by atoms with Crippen LogP contribution in [0.2, 0.25) is 0 Å². The van der Waals surface area contributed by atoms with Crippen LogP contribution in [0, 0.1) is 20.8 Å². The summed E-state index contributed by atoms with van der Waals surface area (Å²) in [4.78, 5) is 22.5. The van der Waals surface area contributed by atoms with Crippen LogP contribution in [0.25, 0.3) is 0 Å². The van der Waals surface area contributed by atoms with E-state index in [1.165, 1.54) is 11.1 Å². The minimum absolute atomic E-state index is 0.633. The Morgan fingerprint density at radius 3 is 2.11 bits per heavy atom. The van der Waals surface area contributed by atoms with Crippen molar-refractivity contribution in [2.45, 2.75) is 20.8 Å². The number of aromatic nitrogens is 4. The first kappa shape index (κ1) is 18.2. The van der Waals surface area contributed by atoms with E-state index >= 15 is 0 Å². The van der Waals surface area contributed by atoms with Gasteiger partial charge in [0.2, 0.25) is 11.9 Å². The maximum atomic E-state index is 4.76. The molecule has 4 rings (SSSR count). The van der Waals surface area contributed by atoms with Gasteiger partial charge in [-0.1, -0.05) is 6.07 Å². The Balaban J connectivity index is 1.48. The number of anilines is 4. The van der Waals surface area contributed by atoms with E-state index in [4.69, 9.17) is 4.98 Å². The van der Waals surface area contributed by atoms with Gasteiger partial charge in [-0.2, -0.15) is 4.98 Å². The minimum Gasteiger partial charge on any atom is -0.353 e. The van der Waals surface area contributed by atoms with Gasteiger partial charge in [0, 0.05) is 56.0 Å². The van der Waals surface area contributed by atoms with Crippen molar-refractivity contribution >= 4 is 23.4 Å². The standard InChI is InChI=1S/C21H25N7/c1-15-11-16(2)13-18(12-15)25-20-24-17(3)14-19(26-20)27-7-9-28(10-8-27)21-22-5-4-6-23-21/h4-6,11-14H,7-10H2,1-3H3,(H,24,25,26). The zero-order chi connectivity index (χ0) is 19.5. The van der Waals surface area contributed by atoms with Gasteiger partial charge in [0.1, 0.15) is 5.82 Å². The van der Waals surface area contributed by atoms with Crippen LogP contribution in [0.4, 0.5) is 23.4 Å². The minimum atomic E-state index is 0.633. The molecule has 1 saturated heterocycles. The number of nitrogens with one attached hydrogen (secondary N) is 1. The van der Waals surface area contributed by atoms with Crippen molar-refractivity contribution in [2.24, 2.45) is 0 Å². The molecule has 3 heterocycles. The maximum Gasteiger partial charge on any atom is 0.229 e. The van der Waals surface area contributed by atoms with E-state index in [-0.39, 0.29) is 0 Å². The summed E-state index contributed by atoms with van der Waals surface area (Å²) in [5.41, 5.74) is 4.40. The van der Waals surface area contributed by atoms with Crippen molar-refractivity contribution in [1.82, 2.24) is 19.9 Å². The first-order valence-electron chi connectivity index (χ1n) is 9.55. The molecule has 28 heavy (non-hydrogen) atoms. The molecule has 0 bridgehead atoms. The third-order valence-corrected chi connectivity index (χ3v) is 4.76. The van der Waals surface area contributed by atoms with Gasteiger partial charge in [0.25, 0.3) is 0 Å². The molecule has 0 amide bonds. The smallest absolute Gasteiger partial charge is 0.229 e. The summed E-state index contributed by atoms with van der Waals surface area (Å²) in [7, 11) is 0. The van der Waals surface area contributed by atoms with Crippen LogP contribution in [0.1, 0.15) is 16.8 Å². The van der Waals surface area contributed by atoms with Crippen LogP contribution in [-0.2, 0) is 0 Å². The van der Waals surface area contributed by atoms with Gasteiger partial charge in [0.05, 0.1) is 0 Å². The lowest BCUT2D eigenvalue weighted by Crippen LogP contribution is -2.47. The van der Waals surface area contributed by atoms with E-state index in [9.17, 15) is 0 Å². The maximum absolute atomic E-state index is 4.76. The van der Waals surface area contributed by atoms with Gasteiger partial charge in [-0.05, 0) is 50.1 Å². The number of hydrogen-bond donors (Lipinski definition) is 1. The van der Waals surface area contributed by atoms with Crippen LogP contribution in [0.3, 0.4) is 0 Å². The van der Waals surface area contributed by atoms with Gasteiger partial charge in [-0.3, -0.25) is 0 Å². The van der Waals surface area contributed by atoms with Gasteiger partial charge < -0.3 is 15.1 Å². The van der Waals surface area contributed by atoms with Crippen LogP contribution < -0.4 is 15.1 Å². The Hall–Kier alpha value is -3.22. The highest BCUT2D eigenvalue weighted by atomic mass is 15.3. The fourth-order valence-corrected chi connectivity index (χ4v) is 3.54. The van der Waals surface area contributed by atoms with E-state index in [0.29, 0.717) is 5.95 Å². The number of hydrogen-bond acceptors (Lipinski definition) is 7. The average Bonchev–Trinajstić information content (AvgIpc) is 2.67. The summed E-state index contributed by atoms with van der Waals surface area (Å²) in [6.45, 7) is 9.68. The molecular formula is C21H25N7. The molecule has 1 aliphatic heterocycles. The molecule has 0 aliphatic carbocycles. The Kier molecular flexibility index (Phi) is 5.06. The molecule has 7 nitrogen and oxygen atoms in total. The Morgan fingerprint density at radius 1 is 0.786 bits per heavy atom. The van der Waals surface area contributed by atoms with Gasteiger partial charge in [0.15, 0.2) is 0 Å². The van der Waals surface area contributed by atoms with E-state index in [0.717, 1.165) is 49.3 Å². The Bertz CT molecular complexity index is 930. The quantitative estimate of drug-likeness (QED) is 0.750. The number of aryl methyl sites for hydroxylation is 3. The largest absolute Gasteiger partial charge is 0.353 e. The van der Waals surface area contributed by atoms with Gasteiger partial charge in [-0.15, -0.1) is 0 Å². The molecule has 0 saturated carbocycles. The molecule has 1 fully saturated rings. The van der Waals surface area contributed by atoms with Gasteiger partial charge in [-0.25, -0.2) is 15.0 Å². The summed E-state index contributed by atoms with van der Waals surface area (Å²) >= 11 is 0. The zero-order valence-corrected chi connectivity index (χ0v) is 16.6. The lowest BCUT2D eigenvalue weighted by Gasteiger charge is -2.35. The van der Waals surface area contributed by atoms with E-state index in [1.54, 1.807) is 12.4 Å². The van der Waals surface area contributed by atoms with Gasteiger partial charge >= 0.3 is 0 Å². The van der Waals surface area contributed by atoms with E-state index in [2.05, 4.69) is 62.1 Å². The summed E-state index contributed by atoms with van der Waals surface area (Å²) in [5.74, 6) is 2.38. The lowest BCUT2D eigenvalue weighted by atomic mass is 10.1. The lowest BCUT2D eigenvalue weighted by molar-refractivity contribution is 0.634. The second kappa shape index (κ2) is 7.80. The Morgan fingerprint density at radius 2 is 1.43 bits per heavy atom. The topological polar surface area (TPSA) is 70.1 Å². The number of benzene rings is 1. The highest BCUT2D eigenvalue weighted by Gasteiger charge is 2.20. The number of nitrogens with zero attached hydrogens (tertiary/aromatic N) is 6. The summed E-state index contributed by atoms with van der Waals surface area (Å²) < 4.78 is 0. The fraction of sp³-hybridized carbons (Fsp3) is 0.333. The first-order chi connectivity index (χ1) is 13.6. The third kappa shape index (κ3) is 4.19. The molecule has 3 aromatic rings. The average molecular weight is 375 g/mol.